The zero-order valence-electron chi connectivity index (χ0n) is 57.3. The number of benzene rings is 3. The number of carboxylic acid groups (broad SMARTS) is 1. The van der Waals surface area contributed by atoms with Gasteiger partial charge in [0, 0.05) is 73.6 Å². The van der Waals surface area contributed by atoms with Crippen molar-refractivity contribution in [2.24, 2.45) is 69.0 Å². The molecule has 1 aliphatic heterocycles. The minimum atomic E-state index is -1.22. The lowest BCUT2D eigenvalue weighted by molar-refractivity contribution is -0.144. The molecule has 5 rings (SSSR count). The maximum Gasteiger partial charge on any atom is 0.306 e. The molecule has 0 aliphatic carbocycles. The van der Waals surface area contributed by atoms with Crippen molar-refractivity contribution in [2.45, 2.75) is 185 Å². The molecule has 2 heterocycles. The maximum atomic E-state index is 15.1. The highest BCUT2D eigenvalue weighted by molar-refractivity contribution is 7.98. The van der Waals surface area contributed by atoms with E-state index in [2.05, 4.69) is 31.2 Å². The van der Waals surface area contributed by atoms with Gasteiger partial charge >= 0.3 is 5.97 Å². The number of carbonyl (C=O) groups is 10. The summed E-state index contributed by atoms with van der Waals surface area (Å²) in [7, 11) is 0. The smallest absolute Gasteiger partial charge is 0.306 e. The summed E-state index contributed by atoms with van der Waals surface area (Å²) in [4.78, 5) is 153. The molecule has 25 nitrogen and oxygen atoms in total. The molecular formula is C72H107N13O12S. The van der Waals surface area contributed by atoms with Gasteiger partial charge in [-0.15, -0.1) is 0 Å². The van der Waals surface area contributed by atoms with Crippen LogP contribution in [-0.2, 0) is 67.2 Å². The number of aliphatic carboxylic acids is 1. The zero-order valence-corrected chi connectivity index (χ0v) is 58.1. The molecule has 1 aromatic heterocycles. The maximum absolute atomic E-state index is 15.1. The third-order valence-electron chi connectivity index (χ3n) is 18.2. The molecule has 0 bridgehead atoms. The molecule has 1 saturated heterocycles. The van der Waals surface area contributed by atoms with Crippen LogP contribution in [0.5, 0.6) is 5.75 Å². The first-order chi connectivity index (χ1) is 47.0. The number of nitrogens with one attached hydrogen (secondary N) is 5. The number of rotatable bonds is 48. The number of aliphatic imine (C=N–C) groups is 1. The van der Waals surface area contributed by atoms with Gasteiger partial charge in [-0.1, -0.05) is 87.4 Å². The van der Waals surface area contributed by atoms with Crippen molar-refractivity contribution in [1.82, 2.24) is 31.2 Å². The second kappa shape index (κ2) is 42.7. The molecule has 0 spiro atoms. The number of phenols is 1. The molecule has 4 aromatic rings. The number of carboxylic acids is 1. The number of H-pyrrole nitrogens is 1. The van der Waals surface area contributed by atoms with Crippen molar-refractivity contribution in [3.8, 4) is 5.75 Å². The molecule has 98 heavy (non-hydrogen) atoms. The first-order valence-electron chi connectivity index (χ1n) is 34.6. The number of guanidine groups is 1. The average Bonchev–Trinajstić information content (AvgIpc) is 1.60. The first-order valence-corrected chi connectivity index (χ1v) is 36.0. The monoisotopic (exact) mass is 1380 g/mol. The van der Waals surface area contributed by atoms with E-state index < -0.39 is 125 Å². The minimum Gasteiger partial charge on any atom is -0.508 e. The van der Waals surface area contributed by atoms with E-state index in [1.807, 2.05) is 30.5 Å². The van der Waals surface area contributed by atoms with Crippen LogP contribution in [0.3, 0.4) is 0 Å². The van der Waals surface area contributed by atoms with Crippen LogP contribution in [0.4, 0.5) is 0 Å². The average molecular weight is 1380 g/mol. The number of hydrogen-bond donors (Lipinski definition) is 13. The van der Waals surface area contributed by atoms with Crippen molar-refractivity contribution in [2.75, 3.05) is 44.7 Å². The number of carbonyl (C=O) groups excluding carboxylic acids is 9. The third-order valence-corrected chi connectivity index (χ3v) is 18.9. The Kier molecular flexibility index (Phi) is 35.1. The van der Waals surface area contributed by atoms with Gasteiger partial charge in [0.1, 0.15) is 23.6 Å². The Bertz CT molecular complexity index is 3250. The number of ketones is 4. The number of aromatic amines is 1. The van der Waals surface area contributed by atoms with Gasteiger partial charge in [-0.25, -0.2) is 0 Å². The Labute approximate surface area is 580 Å². The largest absolute Gasteiger partial charge is 0.508 e. The molecule has 5 amide bonds. The number of hydrogen-bond acceptors (Lipinski definition) is 17. The number of likely N-dealkylation sites (tertiary alicyclic amines) is 1. The Hall–Kier alpha value is -8.04. The van der Waals surface area contributed by atoms with E-state index in [4.69, 9.17) is 34.4 Å². The van der Waals surface area contributed by atoms with Gasteiger partial charge in [-0.05, 0) is 169 Å². The number of thioether (sulfide) groups is 1. The molecule has 1 fully saturated rings. The predicted molar refractivity (Wildman–Crippen MR) is 381 cm³/mol. The molecule has 26 heteroatoms. The lowest BCUT2D eigenvalue weighted by Gasteiger charge is -2.32. The first kappa shape index (κ1) is 80.6. The predicted octanol–water partition coefficient (Wildman–Crippen LogP) is 4.39. The highest BCUT2D eigenvalue weighted by Gasteiger charge is 2.42. The summed E-state index contributed by atoms with van der Waals surface area (Å²) in [5.41, 5.74) is 37.4. The van der Waals surface area contributed by atoms with Crippen molar-refractivity contribution >= 4 is 87.3 Å². The number of unbranched alkanes of at least 4 members (excludes halogenated alkanes) is 3. The second-order valence-corrected chi connectivity index (χ2v) is 27.2. The molecule has 3 aromatic carbocycles. The van der Waals surface area contributed by atoms with Crippen LogP contribution in [0.25, 0.3) is 10.9 Å². The summed E-state index contributed by atoms with van der Waals surface area (Å²) in [6.45, 7) is 4.92. The van der Waals surface area contributed by atoms with Gasteiger partial charge in [-0.2, -0.15) is 11.8 Å². The van der Waals surface area contributed by atoms with E-state index in [9.17, 15) is 48.6 Å². The number of fused-ring (bicyclic) bond motifs is 1. The fourth-order valence-electron chi connectivity index (χ4n) is 12.5. The van der Waals surface area contributed by atoms with Crippen LogP contribution < -0.4 is 55.7 Å². The summed E-state index contributed by atoms with van der Waals surface area (Å²) < 4.78 is 0. The quantitative estimate of drug-likeness (QED) is 0.0166. The summed E-state index contributed by atoms with van der Waals surface area (Å²) in [5, 5.41) is 32.9. The minimum absolute atomic E-state index is 0.0235. The number of aromatic nitrogens is 1. The van der Waals surface area contributed by atoms with E-state index in [-0.39, 0.29) is 101 Å². The van der Waals surface area contributed by atoms with Crippen LogP contribution in [0.15, 0.2) is 90.1 Å². The normalized spacial score (nSPS) is 15.8. The topological polar surface area (TPSA) is 447 Å². The van der Waals surface area contributed by atoms with Crippen LogP contribution in [0.1, 0.15) is 146 Å². The molecule has 1 aliphatic rings. The van der Waals surface area contributed by atoms with E-state index in [1.165, 1.54) is 28.8 Å². The number of phenolic OH excluding ortho intramolecular Hbond substituents is 1. The highest BCUT2D eigenvalue weighted by atomic mass is 32.2. The van der Waals surface area contributed by atoms with Crippen molar-refractivity contribution in [3.05, 3.63) is 102 Å². The SMILES string of the molecule is CSCC[C@H](NC(=O)[C@@H]1CCCN1C(=O)[C@@H](NC(=O)[C@@H](CC(=O)[C@H](Cc1ccccc1)NC(=O)[C@H](CCCN=C(N)N)CC(=O)[C@H](N)CCCCN)Cc1ccc(O)cc1)C(C)C)C(=O)C[C@@H](Cc1c[nH]c2ccccc12)C(=O)N[C@@H](CCCCN)C(=O)C[C@H](CCCCN)C(=O)O. The van der Waals surface area contributed by atoms with Crippen molar-refractivity contribution in [1.29, 1.82) is 0 Å². The summed E-state index contributed by atoms with van der Waals surface area (Å²) in [5.74, 6) is -10.3. The fraction of sp³-hybridized carbons (Fsp3) is 0.569. The third kappa shape index (κ3) is 26.7. The molecule has 0 radical (unpaired) electrons. The van der Waals surface area contributed by atoms with Crippen molar-refractivity contribution < 1.29 is 58.2 Å². The van der Waals surface area contributed by atoms with Crippen LogP contribution in [0.2, 0.25) is 0 Å². The van der Waals surface area contributed by atoms with E-state index >= 15 is 9.59 Å². The van der Waals surface area contributed by atoms with Gasteiger partial charge in [-0.3, -0.25) is 52.9 Å². The second-order valence-electron chi connectivity index (χ2n) is 26.2. The van der Waals surface area contributed by atoms with Gasteiger partial charge in [0.15, 0.2) is 23.3 Å². The Balaban J connectivity index is 1.40. The van der Waals surface area contributed by atoms with E-state index in [0.29, 0.717) is 94.3 Å². The highest BCUT2D eigenvalue weighted by Crippen LogP contribution is 2.28. The van der Waals surface area contributed by atoms with Gasteiger partial charge in [0.05, 0.1) is 30.1 Å². The molecule has 0 saturated carbocycles. The lowest BCUT2D eigenvalue weighted by atomic mass is 9.88. The zero-order chi connectivity index (χ0) is 71.7. The number of aromatic hydroxyl groups is 1. The van der Waals surface area contributed by atoms with Crippen molar-refractivity contribution in [3.63, 3.8) is 0 Å². The van der Waals surface area contributed by atoms with Crippen LogP contribution in [-0.4, -0.2) is 166 Å². The molecule has 538 valence electrons. The lowest BCUT2D eigenvalue weighted by Crippen LogP contribution is -2.57. The van der Waals surface area contributed by atoms with Crippen LogP contribution >= 0.6 is 11.8 Å². The fourth-order valence-corrected chi connectivity index (χ4v) is 13.0. The molecule has 10 atom stereocenters. The summed E-state index contributed by atoms with van der Waals surface area (Å²) in [6.07, 6.45) is 7.83. The van der Waals surface area contributed by atoms with Gasteiger partial charge in [0.25, 0.3) is 0 Å². The Morgan fingerprint density at radius 3 is 1.78 bits per heavy atom. The number of Topliss-reactive ketones (excluding diaryl/α,β-unsaturated/α-hetero) is 4. The summed E-state index contributed by atoms with van der Waals surface area (Å²) in [6, 6.07) is 16.0. The van der Waals surface area contributed by atoms with E-state index in [1.54, 1.807) is 62.5 Å². The molecule has 0 unspecified atom stereocenters. The van der Waals surface area contributed by atoms with E-state index in [0.717, 1.165) is 16.5 Å². The molecular weight excluding hydrogens is 1270 g/mol. The summed E-state index contributed by atoms with van der Waals surface area (Å²) >= 11 is 1.45. The van der Waals surface area contributed by atoms with Gasteiger partial charge < -0.3 is 75.8 Å². The Morgan fingerprint density at radius 1 is 0.602 bits per heavy atom. The molecule has 19 N–H and O–H groups in total. The number of nitrogens with two attached hydrogens (primary N) is 6. The number of nitrogens with zero attached hydrogens (tertiary/aromatic N) is 2. The number of para-hydroxylation sites is 1. The number of amides is 5. The van der Waals surface area contributed by atoms with Crippen LogP contribution in [0, 0.1) is 29.6 Å². The van der Waals surface area contributed by atoms with Gasteiger partial charge in [0.2, 0.25) is 29.5 Å². The Morgan fingerprint density at radius 2 is 1.14 bits per heavy atom. The standard InChI is InChI=1S/C72H107N13O12S/c1-45(2)65(84-68(93)50(37-47-26-28-53(86)29-27-47)42-64(90)59(38-46-17-5-4-6-18-46)83-66(91)48(20-15-34-79-72(77)78)40-61(87)55(76)22-10-13-32-74)70(95)85-35-16-25-60(85)69(94)82-58(30-36-98-3)63(89)43-51(39-52-44-80-56-23-8-7-21-54(52)56)67(92)81-57(24-11-14-33-75)62(88)41-49(71(96)97)19-9-12-31-73/h4-8,17-18,21,23,26-29,44-45,48-51,55,57-60,65,80,86H,9-16,19-20,22,24-25,30-43,73-76H2,1-3H3,(H,81,92)(H,82,94)(H,83,91)(H,84,93)(H,96,97)(H4,77,78,79)/t48-,49+,50-,51-,55-,57+,58+,59+,60+,65+/m1/s1.